The summed E-state index contributed by atoms with van der Waals surface area (Å²) in [5.74, 6) is 1.86. The quantitative estimate of drug-likeness (QED) is 0.243. The van der Waals surface area contributed by atoms with Crippen LogP contribution in [0.3, 0.4) is 0 Å². The zero-order valence-corrected chi connectivity index (χ0v) is 23.4. The van der Waals surface area contributed by atoms with E-state index in [0.717, 1.165) is 40.0 Å². The first kappa shape index (κ1) is 28.4. The number of quaternary nitrogens is 2. The minimum absolute atomic E-state index is 0. The molecule has 4 nitrogen and oxygen atoms in total. The molecule has 2 rings (SSSR count). The number of methoxy groups -OCH3 is 2. The van der Waals surface area contributed by atoms with Crippen LogP contribution in [0.4, 0.5) is 0 Å². The maximum Gasteiger partial charge on any atom is 0.122 e. The summed E-state index contributed by atoms with van der Waals surface area (Å²) < 4.78 is 13.1. The predicted molar refractivity (Wildman–Crippen MR) is 112 cm³/mol. The maximum absolute atomic E-state index is 5.64. The third-order valence-electron chi connectivity index (χ3n) is 4.38. The first-order valence-corrected chi connectivity index (χ1v) is 9.43. The Kier molecular flexibility index (Phi) is 11.5. The van der Waals surface area contributed by atoms with Crippen LogP contribution < -0.4 is 57.4 Å². The fraction of sp³-hybridized carbons (Fsp3) is 0.478. The Morgan fingerprint density at radius 2 is 0.966 bits per heavy atom. The molecule has 0 N–H and O–H groups in total. The van der Waals surface area contributed by atoms with E-state index in [4.69, 9.17) is 9.47 Å². The second-order valence-corrected chi connectivity index (χ2v) is 9.37. The van der Waals surface area contributed by atoms with Crippen LogP contribution in [0.15, 0.2) is 36.4 Å². The number of nitrogens with zero attached hydrogens (tertiary/aromatic N) is 2. The number of halogens is 2. The van der Waals surface area contributed by atoms with Gasteiger partial charge in [0.05, 0.1) is 56.5 Å². The van der Waals surface area contributed by atoms with E-state index >= 15 is 0 Å². The van der Waals surface area contributed by atoms with Gasteiger partial charge in [-0.1, -0.05) is 0 Å². The Hall–Kier alpha value is -0.580. The summed E-state index contributed by atoms with van der Waals surface area (Å²) in [6.45, 7) is 1.96. The van der Waals surface area contributed by atoms with Gasteiger partial charge in [-0.3, -0.25) is 0 Å². The average molecular weight is 626 g/mol. The van der Waals surface area contributed by atoms with Gasteiger partial charge in [-0.25, -0.2) is 0 Å². The Morgan fingerprint density at radius 1 is 0.621 bits per heavy atom. The van der Waals surface area contributed by atoms with Gasteiger partial charge in [-0.15, -0.1) is 0 Å². The second-order valence-electron chi connectivity index (χ2n) is 9.37. The van der Waals surface area contributed by atoms with Crippen molar-refractivity contribution >= 4 is 0 Å². The van der Waals surface area contributed by atoms with Crippen molar-refractivity contribution in [3.05, 3.63) is 58.7 Å². The number of ether oxygens (including phenoxy) is 2. The average Bonchev–Trinajstić information content (AvgIpc) is 2.52. The van der Waals surface area contributed by atoms with Gasteiger partial charge in [-0.05, 0) is 47.5 Å². The molecule has 29 heavy (non-hydrogen) atoms. The van der Waals surface area contributed by atoms with Crippen LogP contribution in [0.25, 0.3) is 0 Å². The van der Waals surface area contributed by atoms with E-state index in [1.165, 1.54) is 22.3 Å². The minimum atomic E-state index is 0. The summed E-state index contributed by atoms with van der Waals surface area (Å²) in [5.41, 5.74) is 5.04. The summed E-state index contributed by atoms with van der Waals surface area (Å²) in [7, 11) is 16.7. The normalized spacial score (nSPS) is 11.3. The summed E-state index contributed by atoms with van der Waals surface area (Å²) in [4.78, 5) is 0. The molecule has 0 atom stereocenters. The van der Waals surface area contributed by atoms with E-state index in [1.54, 1.807) is 14.2 Å². The van der Waals surface area contributed by atoms with E-state index in [-0.39, 0.29) is 48.0 Å². The number of benzene rings is 2. The van der Waals surface area contributed by atoms with Crippen molar-refractivity contribution in [2.75, 3.05) is 56.5 Å². The highest BCUT2D eigenvalue weighted by Crippen LogP contribution is 2.29. The molecule has 0 unspecified atom stereocenters. The van der Waals surface area contributed by atoms with E-state index in [2.05, 4.69) is 78.7 Å². The number of rotatable bonds is 8. The molecule has 6 heteroatoms. The van der Waals surface area contributed by atoms with Gasteiger partial charge in [0.1, 0.15) is 24.6 Å². The fourth-order valence-corrected chi connectivity index (χ4v) is 3.44. The zero-order valence-electron chi connectivity index (χ0n) is 19.1. The van der Waals surface area contributed by atoms with Crippen molar-refractivity contribution < 1.29 is 66.4 Å². The molecule has 164 valence electrons. The lowest BCUT2D eigenvalue weighted by Crippen LogP contribution is -3.00. The lowest BCUT2D eigenvalue weighted by molar-refractivity contribution is -0.884. The third-order valence-corrected chi connectivity index (χ3v) is 4.38. The SMILES string of the molecule is COc1ccc(C[N+](C)(C)C)cc1Cc1cc(C[N+](C)(C)C)ccc1OC.[I-].[I-]. The molecular weight excluding hydrogens is 590 g/mol. The predicted octanol–water partition coefficient (Wildman–Crippen LogP) is -2.28. The molecule has 0 fully saturated rings. The van der Waals surface area contributed by atoms with Gasteiger partial charge in [0.15, 0.2) is 0 Å². The van der Waals surface area contributed by atoms with Gasteiger partial charge in [0, 0.05) is 17.5 Å². The second kappa shape index (κ2) is 11.7. The molecule has 0 aliphatic rings. The molecular formula is C23H36I2N2O2. The van der Waals surface area contributed by atoms with Crippen molar-refractivity contribution in [3.8, 4) is 11.5 Å². The highest BCUT2D eigenvalue weighted by atomic mass is 127. The van der Waals surface area contributed by atoms with Crippen LogP contribution in [0.5, 0.6) is 11.5 Å². The van der Waals surface area contributed by atoms with Crippen LogP contribution in [0.2, 0.25) is 0 Å². The zero-order chi connectivity index (χ0) is 20.2. The smallest absolute Gasteiger partial charge is 0.122 e. The van der Waals surface area contributed by atoms with Crippen LogP contribution in [0.1, 0.15) is 22.3 Å². The number of hydrogen-bond donors (Lipinski definition) is 0. The molecule has 2 aromatic rings. The molecule has 0 saturated heterocycles. The van der Waals surface area contributed by atoms with Crippen LogP contribution in [0, 0.1) is 0 Å². The highest BCUT2D eigenvalue weighted by Gasteiger charge is 2.15. The molecule has 0 aliphatic carbocycles. The Labute approximate surface area is 211 Å². The monoisotopic (exact) mass is 626 g/mol. The summed E-state index contributed by atoms with van der Waals surface area (Å²) in [6, 6.07) is 13.0. The summed E-state index contributed by atoms with van der Waals surface area (Å²) in [5, 5.41) is 0. The van der Waals surface area contributed by atoms with E-state index in [9.17, 15) is 0 Å². The fourth-order valence-electron chi connectivity index (χ4n) is 3.44. The summed E-state index contributed by atoms with van der Waals surface area (Å²) >= 11 is 0. The largest absolute Gasteiger partial charge is 1.00 e. The van der Waals surface area contributed by atoms with Gasteiger partial charge in [-0.2, -0.15) is 0 Å². The van der Waals surface area contributed by atoms with Gasteiger partial charge >= 0.3 is 0 Å². The van der Waals surface area contributed by atoms with Crippen molar-refractivity contribution in [3.63, 3.8) is 0 Å². The first-order chi connectivity index (χ1) is 12.5. The van der Waals surface area contributed by atoms with Gasteiger partial charge < -0.3 is 66.4 Å². The Morgan fingerprint density at radius 3 is 1.24 bits per heavy atom. The van der Waals surface area contributed by atoms with Gasteiger partial charge in [0.25, 0.3) is 0 Å². The highest BCUT2D eigenvalue weighted by molar-refractivity contribution is 5.45. The van der Waals surface area contributed by atoms with Gasteiger partial charge in [0.2, 0.25) is 0 Å². The van der Waals surface area contributed by atoms with E-state index in [0.29, 0.717) is 0 Å². The van der Waals surface area contributed by atoms with Crippen LogP contribution >= 0.6 is 0 Å². The molecule has 2 aromatic carbocycles. The Bertz CT molecular complexity index is 716. The lowest BCUT2D eigenvalue weighted by Gasteiger charge is -2.25. The van der Waals surface area contributed by atoms with Crippen molar-refractivity contribution in [2.24, 2.45) is 0 Å². The molecule has 0 radical (unpaired) electrons. The molecule has 0 spiro atoms. The summed E-state index contributed by atoms with van der Waals surface area (Å²) in [6.07, 6.45) is 0.794. The van der Waals surface area contributed by atoms with Crippen molar-refractivity contribution in [2.45, 2.75) is 19.5 Å². The topological polar surface area (TPSA) is 18.5 Å². The van der Waals surface area contributed by atoms with Crippen molar-refractivity contribution in [1.82, 2.24) is 0 Å². The third kappa shape index (κ3) is 9.40. The molecule has 0 amide bonds. The standard InChI is InChI=1S/C23H36N2O2.2HI/c1-24(2,3)16-18-9-11-22(26-7)20(13-18)15-21-14-19(17-25(4,5)6)10-12-23(21)27-8;;/h9-14H,15-17H2,1-8H3;2*1H/q+2;;/p-2. The molecule has 0 saturated carbocycles. The first-order valence-electron chi connectivity index (χ1n) is 9.43. The molecule has 0 aliphatic heterocycles. The molecule has 0 heterocycles. The van der Waals surface area contributed by atoms with Crippen LogP contribution in [-0.2, 0) is 19.5 Å². The molecule has 0 bridgehead atoms. The maximum atomic E-state index is 5.64. The van der Waals surface area contributed by atoms with E-state index < -0.39 is 0 Å². The van der Waals surface area contributed by atoms with Crippen molar-refractivity contribution in [1.29, 1.82) is 0 Å². The Balaban J connectivity index is 0.00000392. The number of hydrogen-bond acceptors (Lipinski definition) is 2. The lowest BCUT2D eigenvalue weighted by atomic mass is 9.98. The minimum Gasteiger partial charge on any atom is -1.00 e. The van der Waals surface area contributed by atoms with Crippen LogP contribution in [-0.4, -0.2) is 65.5 Å². The molecule has 0 aromatic heterocycles. The van der Waals surface area contributed by atoms with E-state index in [1.807, 2.05) is 0 Å².